The molecule has 0 aliphatic rings. The van der Waals surface area contributed by atoms with Crippen LogP contribution in [-0.2, 0) is 11.0 Å². The zero-order valence-corrected chi connectivity index (χ0v) is 10.6. The fraction of sp³-hybridized carbons (Fsp3) is 0.500. The maximum Gasteiger partial charge on any atom is 0.419 e. The van der Waals surface area contributed by atoms with Gasteiger partial charge in [0.05, 0.1) is 11.5 Å². The van der Waals surface area contributed by atoms with Crippen LogP contribution in [0.1, 0.15) is 19.4 Å². The molecule has 1 unspecified atom stereocenters. The molecule has 0 saturated heterocycles. The van der Waals surface area contributed by atoms with Crippen molar-refractivity contribution in [1.29, 1.82) is 0 Å². The summed E-state index contributed by atoms with van der Waals surface area (Å²) in [6.07, 6.45) is -3.25. The van der Waals surface area contributed by atoms with E-state index in [9.17, 15) is 18.0 Å². The number of carboxylic acids is 1. The number of aromatic nitrogens is 1. The van der Waals surface area contributed by atoms with Crippen LogP contribution in [0.3, 0.4) is 0 Å². The normalized spacial score (nSPS) is 13.1. The average molecular weight is 276 g/mol. The predicted molar refractivity (Wildman–Crippen MR) is 63.9 cm³/mol. The van der Waals surface area contributed by atoms with Crippen LogP contribution < -0.4 is 4.90 Å². The van der Waals surface area contributed by atoms with E-state index in [0.717, 1.165) is 6.07 Å². The fourth-order valence-electron chi connectivity index (χ4n) is 1.64. The third-order valence-electron chi connectivity index (χ3n) is 2.69. The van der Waals surface area contributed by atoms with Crippen molar-refractivity contribution in [2.45, 2.75) is 20.0 Å². The molecule has 0 spiro atoms. The summed E-state index contributed by atoms with van der Waals surface area (Å²) >= 11 is 0. The Balaban J connectivity index is 3.09. The van der Waals surface area contributed by atoms with Crippen molar-refractivity contribution >= 4 is 11.8 Å². The van der Waals surface area contributed by atoms with Gasteiger partial charge in [0.1, 0.15) is 5.82 Å². The van der Waals surface area contributed by atoms with Gasteiger partial charge in [-0.05, 0) is 19.1 Å². The van der Waals surface area contributed by atoms with Crippen LogP contribution in [0.15, 0.2) is 18.3 Å². The van der Waals surface area contributed by atoms with E-state index in [4.69, 9.17) is 5.11 Å². The van der Waals surface area contributed by atoms with Crippen LogP contribution >= 0.6 is 0 Å². The summed E-state index contributed by atoms with van der Waals surface area (Å²) < 4.78 is 38.6. The highest BCUT2D eigenvalue weighted by atomic mass is 19.4. The molecule has 0 bridgehead atoms. The second-order valence-corrected chi connectivity index (χ2v) is 4.15. The summed E-state index contributed by atoms with van der Waals surface area (Å²) in [5.41, 5.74) is -0.852. The van der Waals surface area contributed by atoms with E-state index in [0.29, 0.717) is 0 Å². The highest BCUT2D eigenvalue weighted by Gasteiger charge is 2.35. The van der Waals surface area contributed by atoms with E-state index in [1.54, 1.807) is 6.92 Å². The van der Waals surface area contributed by atoms with Crippen LogP contribution in [0.4, 0.5) is 19.0 Å². The van der Waals surface area contributed by atoms with Gasteiger partial charge in [0.15, 0.2) is 0 Å². The Morgan fingerprint density at radius 2 is 2.16 bits per heavy atom. The zero-order valence-electron chi connectivity index (χ0n) is 10.6. The molecule has 1 aromatic heterocycles. The number of alkyl halides is 3. The van der Waals surface area contributed by atoms with Gasteiger partial charge in [-0.2, -0.15) is 13.2 Å². The van der Waals surface area contributed by atoms with E-state index in [2.05, 4.69) is 4.98 Å². The van der Waals surface area contributed by atoms with E-state index in [1.807, 2.05) is 0 Å². The monoisotopic (exact) mass is 276 g/mol. The smallest absolute Gasteiger partial charge is 0.419 e. The predicted octanol–water partition coefficient (Wildman–Crippen LogP) is 2.65. The highest BCUT2D eigenvalue weighted by Crippen LogP contribution is 2.35. The molecular weight excluding hydrogens is 261 g/mol. The molecule has 19 heavy (non-hydrogen) atoms. The van der Waals surface area contributed by atoms with Crippen molar-refractivity contribution in [3.8, 4) is 0 Å². The van der Waals surface area contributed by atoms with Crippen molar-refractivity contribution in [3.05, 3.63) is 23.9 Å². The van der Waals surface area contributed by atoms with E-state index in [-0.39, 0.29) is 18.9 Å². The molecule has 7 heteroatoms. The first-order valence-corrected chi connectivity index (χ1v) is 5.77. The third kappa shape index (κ3) is 3.84. The van der Waals surface area contributed by atoms with E-state index < -0.39 is 23.6 Å². The summed E-state index contributed by atoms with van der Waals surface area (Å²) in [5, 5.41) is 8.83. The Morgan fingerprint density at radius 1 is 1.53 bits per heavy atom. The van der Waals surface area contributed by atoms with Gasteiger partial charge in [0.2, 0.25) is 0 Å². The second-order valence-electron chi connectivity index (χ2n) is 4.15. The molecule has 0 aliphatic heterocycles. The molecule has 1 atom stereocenters. The van der Waals surface area contributed by atoms with Gasteiger partial charge in [-0.25, -0.2) is 4.98 Å². The summed E-state index contributed by atoms with van der Waals surface area (Å²) in [4.78, 5) is 15.9. The minimum Gasteiger partial charge on any atom is -0.481 e. The lowest BCUT2D eigenvalue weighted by Crippen LogP contribution is -2.33. The molecule has 1 rings (SSSR count). The Bertz CT molecular complexity index is 449. The topological polar surface area (TPSA) is 53.4 Å². The number of hydrogen-bond acceptors (Lipinski definition) is 3. The van der Waals surface area contributed by atoms with Gasteiger partial charge in [-0.1, -0.05) is 6.92 Å². The molecular formula is C12H15F3N2O2. The number of carboxylic acid groups (broad SMARTS) is 1. The van der Waals surface area contributed by atoms with Crippen LogP contribution in [0.2, 0.25) is 0 Å². The number of aliphatic carboxylic acids is 1. The second kappa shape index (κ2) is 5.90. The molecule has 0 amide bonds. The Labute approximate surface area is 108 Å². The lowest BCUT2D eigenvalue weighted by molar-refractivity contribution is -0.140. The van der Waals surface area contributed by atoms with Crippen molar-refractivity contribution < 1.29 is 23.1 Å². The molecule has 0 saturated carbocycles. The van der Waals surface area contributed by atoms with E-state index in [1.165, 1.54) is 24.1 Å². The molecule has 4 nitrogen and oxygen atoms in total. The van der Waals surface area contributed by atoms with E-state index >= 15 is 0 Å². The number of rotatable bonds is 5. The van der Waals surface area contributed by atoms with Crippen molar-refractivity contribution in [3.63, 3.8) is 0 Å². The summed E-state index contributed by atoms with van der Waals surface area (Å²) in [7, 11) is 0. The Kier molecular flexibility index (Phi) is 4.74. The summed E-state index contributed by atoms with van der Waals surface area (Å²) in [5.74, 6) is -2.06. The van der Waals surface area contributed by atoms with Crippen molar-refractivity contribution in [2.75, 3.05) is 18.0 Å². The largest absolute Gasteiger partial charge is 0.481 e. The van der Waals surface area contributed by atoms with Crippen LogP contribution in [0.25, 0.3) is 0 Å². The number of carbonyl (C=O) groups is 1. The van der Waals surface area contributed by atoms with Gasteiger partial charge in [-0.3, -0.25) is 4.79 Å². The first-order valence-electron chi connectivity index (χ1n) is 5.77. The van der Waals surface area contributed by atoms with Crippen LogP contribution in [0, 0.1) is 5.92 Å². The standard InChI is InChI=1S/C12H15F3N2O2/c1-3-17(7-8(2)11(18)19)10-9(12(13,14)15)5-4-6-16-10/h4-6,8H,3,7H2,1-2H3,(H,18,19). The molecule has 0 aliphatic carbocycles. The maximum atomic E-state index is 12.9. The quantitative estimate of drug-likeness (QED) is 0.898. The highest BCUT2D eigenvalue weighted by molar-refractivity contribution is 5.70. The van der Waals surface area contributed by atoms with Gasteiger partial charge in [0.25, 0.3) is 0 Å². The lowest BCUT2D eigenvalue weighted by Gasteiger charge is -2.26. The van der Waals surface area contributed by atoms with Gasteiger partial charge in [-0.15, -0.1) is 0 Å². The number of pyridine rings is 1. The summed E-state index contributed by atoms with van der Waals surface area (Å²) in [6.45, 7) is 3.33. The van der Waals surface area contributed by atoms with Crippen LogP contribution in [0.5, 0.6) is 0 Å². The number of hydrogen-bond donors (Lipinski definition) is 1. The average Bonchev–Trinajstić information content (AvgIpc) is 2.34. The minimum atomic E-state index is -4.51. The zero-order chi connectivity index (χ0) is 14.6. The SMILES string of the molecule is CCN(CC(C)C(=O)O)c1ncccc1C(F)(F)F. The molecule has 0 radical (unpaired) electrons. The minimum absolute atomic E-state index is 0.0219. The molecule has 0 fully saturated rings. The summed E-state index contributed by atoms with van der Waals surface area (Å²) in [6, 6.07) is 2.15. The fourth-order valence-corrected chi connectivity index (χ4v) is 1.64. The number of halogens is 3. The third-order valence-corrected chi connectivity index (χ3v) is 2.69. The molecule has 1 heterocycles. The van der Waals surface area contributed by atoms with Gasteiger partial charge < -0.3 is 10.0 Å². The van der Waals surface area contributed by atoms with Crippen molar-refractivity contribution in [2.24, 2.45) is 5.92 Å². The van der Waals surface area contributed by atoms with Crippen molar-refractivity contribution in [1.82, 2.24) is 4.98 Å². The van der Waals surface area contributed by atoms with Gasteiger partial charge in [0, 0.05) is 19.3 Å². The Hall–Kier alpha value is -1.79. The number of nitrogens with zero attached hydrogens (tertiary/aromatic N) is 2. The Morgan fingerprint density at radius 3 is 2.63 bits per heavy atom. The molecule has 1 N–H and O–H groups in total. The lowest BCUT2D eigenvalue weighted by atomic mass is 10.1. The maximum absolute atomic E-state index is 12.9. The van der Waals surface area contributed by atoms with Crippen LogP contribution in [-0.4, -0.2) is 29.1 Å². The van der Waals surface area contributed by atoms with Gasteiger partial charge >= 0.3 is 12.1 Å². The molecule has 1 aromatic rings. The first kappa shape index (κ1) is 15.3. The molecule has 106 valence electrons. The first-order chi connectivity index (χ1) is 8.77. The molecule has 0 aromatic carbocycles. The number of anilines is 1.